The Kier molecular flexibility index (Phi) is 6.70. The average molecular weight is 482 g/mol. The fourth-order valence-corrected chi connectivity index (χ4v) is 3.64. The molecule has 0 fully saturated rings. The Morgan fingerprint density at radius 2 is 1.64 bits per heavy atom. The van der Waals surface area contributed by atoms with Gasteiger partial charge in [0.15, 0.2) is 0 Å². The molecule has 3 aromatic carbocycles. The van der Waals surface area contributed by atoms with E-state index in [1.54, 1.807) is 36.4 Å². The van der Waals surface area contributed by atoms with Crippen molar-refractivity contribution >= 4 is 34.2 Å². The molecular weight excluding hydrogens is 460 g/mol. The van der Waals surface area contributed by atoms with Crippen LogP contribution in [-0.4, -0.2) is 21.0 Å². The third-order valence-corrected chi connectivity index (χ3v) is 5.63. The maximum absolute atomic E-state index is 12.9. The number of terminal acetylenes is 1. The van der Waals surface area contributed by atoms with Crippen molar-refractivity contribution in [1.82, 2.24) is 9.13 Å². The van der Waals surface area contributed by atoms with Crippen LogP contribution in [0.1, 0.15) is 26.3 Å². The van der Waals surface area contributed by atoms with Crippen molar-refractivity contribution < 1.29 is 14.3 Å². The summed E-state index contributed by atoms with van der Waals surface area (Å²) in [7, 11) is 1.37. The van der Waals surface area contributed by atoms with Crippen molar-refractivity contribution in [2.45, 2.75) is 13.2 Å². The number of anilines is 2. The van der Waals surface area contributed by atoms with E-state index in [9.17, 15) is 19.2 Å². The monoisotopic (exact) mass is 482 g/mol. The number of benzene rings is 3. The molecule has 1 amide bonds. The molecule has 0 aliphatic heterocycles. The van der Waals surface area contributed by atoms with E-state index in [2.05, 4.69) is 11.2 Å². The highest BCUT2D eigenvalue weighted by molar-refractivity contribution is 6.07. The van der Waals surface area contributed by atoms with Crippen molar-refractivity contribution in [3.05, 3.63) is 104 Å². The average Bonchev–Trinajstić information content (AvgIpc) is 2.90. The van der Waals surface area contributed by atoms with E-state index in [-0.39, 0.29) is 30.2 Å². The number of nitrogens with two attached hydrogens (primary N) is 1. The topological polar surface area (TPSA) is 125 Å². The Morgan fingerprint density at radius 3 is 2.31 bits per heavy atom. The first-order chi connectivity index (χ1) is 17.3. The van der Waals surface area contributed by atoms with E-state index in [4.69, 9.17) is 16.9 Å². The van der Waals surface area contributed by atoms with Crippen LogP contribution in [0, 0.1) is 12.3 Å². The van der Waals surface area contributed by atoms with Gasteiger partial charge in [-0.05, 0) is 40.6 Å². The van der Waals surface area contributed by atoms with Gasteiger partial charge in [0, 0.05) is 12.6 Å². The fourth-order valence-electron chi connectivity index (χ4n) is 3.64. The molecule has 4 rings (SSSR count). The van der Waals surface area contributed by atoms with Crippen molar-refractivity contribution in [3.8, 4) is 12.3 Å². The molecule has 0 atom stereocenters. The highest BCUT2D eigenvalue weighted by Gasteiger charge is 2.18. The molecule has 0 bridgehead atoms. The molecule has 4 aromatic rings. The van der Waals surface area contributed by atoms with Gasteiger partial charge in [0.25, 0.3) is 11.5 Å². The van der Waals surface area contributed by atoms with E-state index in [1.165, 1.54) is 7.05 Å². The number of ether oxygens (including phenoxy) is 1. The summed E-state index contributed by atoms with van der Waals surface area (Å²) in [5.74, 6) is 0.986. The lowest BCUT2D eigenvalue weighted by Crippen LogP contribution is -2.41. The number of hydrogen-bond donors (Lipinski definition) is 2. The molecule has 36 heavy (non-hydrogen) atoms. The van der Waals surface area contributed by atoms with Gasteiger partial charge in [-0.2, -0.15) is 0 Å². The van der Waals surface area contributed by atoms with Gasteiger partial charge < -0.3 is 15.8 Å². The Morgan fingerprint density at radius 1 is 1.00 bits per heavy atom. The molecule has 0 saturated carbocycles. The second-order valence-corrected chi connectivity index (χ2v) is 7.99. The lowest BCUT2D eigenvalue weighted by atomic mass is 10.0. The highest BCUT2D eigenvalue weighted by Crippen LogP contribution is 2.20. The SMILES string of the molecule is C#CCn1c(=O)c(NC(=O)c2ccc3cc(C(=O)OCc4ccccc4)ccc3c2)c(N)n(C)c1=O. The summed E-state index contributed by atoms with van der Waals surface area (Å²) >= 11 is 0. The third-order valence-electron chi connectivity index (χ3n) is 5.63. The summed E-state index contributed by atoms with van der Waals surface area (Å²) in [6, 6.07) is 19.2. The number of hydrogen-bond acceptors (Lipinski definition) is 6. The molecule has 0 aliphatic carbocycles. The molecule has 1 heterocycles. The van der Waals surface area contributed by atoms with Gasteiger partial charge in [-0.15, -0.1) is 6.42 Å². The number of aromatic nitrogens is 2. The van der Waals surface area contributed by atoms with E-state index in [1.807, 2.05) is 30.3 Å². The van der Waals surface area contributed by atoms with Crippen LogP contribution >= 0.6 is 0 Å². The lowest BCUT2D eigenvalue weighted by molar-refractivity contribution is 0.0473. The zero-order valence-corrected chi connectivity index (χ0v) is 19.4. The predicted molar refractivity (Wildman–Crippen MR) is 137 cm³/mol. The number of fused-ring (bicyclic) bond motifs is 1. The van der Waals surface area contributed by atoms with Crippen molar-refractivity contribution in [3.63, 3.8) is 0 Å². The summed E-state index contributed by atoms with van der Waals surface area (Å²) < 4.78 is 7.22. The molecule has 0 spiro atoms. The van der Waals surface area contributed by atoms with Crippen LogP contribution in [0.3, 0.4) is 0 Å². The summed E-state index contributed by atoms with van der Waals surface area (Å²) in [5.41, 5.74) is 5.70. The van der Waals surface area contributed by atoms with Gasteiger partial charge in [-0.3, -0.25) is 14.2 Å². The van der Waals surface area contributed by atoms with Crippen LogP contribution in [0.25, 0.3) is 10.8 Å². The molecule has 9 heteroatoms. The largest absolute Gasteiger partial charge is 0.457 e. The van der Waals surface area contributed by atoms with E-state index >= 15 is 0 Å². The normalized spacial score (nSPS) is 10.6. The minimum Gasteiger partial charge on any atom is -0.457 e. The summed E-state index contributed by atoms with van der Waals surface area (Å²) in [4.78, 5) is 50.3. The van der Waals surface area contributed by atoms with Gasteiger partial charge in [0.05, 0.1) is 12.1 Å². The van der Waals surface area contributed by atoms with Crippen LogP contribution in [0.2, 0.25) is 0 Å². The van der Waals surface area contributed by atoms with Gasteiger partial charge >= 0.3 is 11.7 Å². The second kappa shape index (κ2) is 10.0. The van der Waals surface area contributed by atoms with Gasteiger partial charge in [0.2, 0.25) is 0 Å². The molecule has 0 unspecified atom stereocenters. The van der Waals surface area contributed by atoms with Crippen LogP contribution < -0.4 is 22.3 Å². The maximum Gasteiger partial charge on any atom is 0.338 e. The minimum absolute atomic E-state index is 0.161. The third kappa shape index (κ3) is 4.74. The first-order valence-electron chi connectivity index (χ1n) is 10.9. The minimum atomic E-state index is -0.790. The first kappa shape index (κ1) is 24.0. The molecule has 3 N–H and O–H groups in total. The lowest BCUT2D eigenvalue weighted by Gasteiger charge is -2.13. The number of carbonyl (C=O) groups excluding carboxylic acids is 2. The second-order valence-electron chi connectivity index (χ2n) is 7.99. The standard InChI is InChI=1S/C27H22N4O5/c1-3-13-31-25(33)22(23(28)30(2)27(31)35)29-24(32)20-11-9-19-15-21(12-10-18(19)14-20)26(34)36-16-17-7-5-4-6-8-17/h1,4-12,14-15H,13,16,28H2,2H3,(H,29,32). The number of amides is 1. The number of carbonyl (C=O) groups is 2. The molecule has 0 aliphatic rings. The Labute approximate surface area is 205 Å². The Balaban J connectivity index is 1.56. The quantitative estimate of drug-likeness (QED) is 0.321. The smallest absolute Gasteiger partial charge is 0.338 e. The van der Waals surface area contributed by atoms with Gasteiger partial charge in [-0.25, -0.2) is 14.2 Å². The Hall–Kier alpha value is -5.10. The number of nitrogens with one attached hydrogen (secondary N) is 1. The van der Waals surface area contributed by atoms with E-state index in [0.29, 0.717) is 10.9 Å². The van der Waals surface area contributed by atoms with Crippen molar-refractivity contribution in [1.29, 1.82) is 0 Å². The van der Waals surface area contributed by atoms with Crippen molar-refractivity contribution in [2.24, 2.45) is 7.05 Å². The predicted octanol–water partition coefficient (Wildman–Crippen LogP) is 2.52. The summed E-state index contributed by atoms with van der Waals surface area (Å²) in [5, 5.41) is 3.90. The molecule has 0 saturated heterocycles. The van der Waals surface area contributed by atoms with Crippen LogP contribution in [-0.2, 0) is 24.9 Å². The Bertz CT molecular complexity index is 1650. The number of rotatable bonds is 6. The fraction of sp³-hybridized carbons (Fsp3) is 0.111. The maximum atomic E-state index is 12.9. The molecular formula is C27H22N4O5. The number of esters is 1. The van der Waals surface area contributed by atoms with Crippen molar-refractivity contribution in [2.75, 3.05) is 11.1 Å². The van der Waals surface area contributed by atoms with E-state index < -0.39 is 23.1 Å². The van der Waals surface area contributed by atoms with E-state index in [0.717, 1.165) is 20.1 Å². The molecule has 0 radical (unpaired) electrons. The van der Waals surface area contributed by atoms with Crippen LogP contribution in [0.4, 0.5) is 11.5 Å². The number of nitrogens with zero attached hydrogens (tertiary/aromatic N) is 2. The van der Waals surface area contributed by atoms with Gasteiger partial charge in [0.1, 0.15) is 18.1 Å². The number of nitrogen functional groups attached to an aromatic ring is 1. The van der Waals surface area contributed by atoms with Crippen LogP contribution in [0.5, 0.6) is 0 Å². The van der Waals surface area contributed by atoms with Crippen LogP contribution in [0.15, 0.2) is 76.3 Å². The zero-order valence-electron chi connectivity index (χ0n) is 19.4. The first-order valence-corrected chi connectivity index (χ1v) is 10.9. The molecule has 1 aromatic heterocycles. The molecule has 9 nitrogen and oxygen atoms in total. The zero-order chi connectivity index (χ0) is 25.8. The summed E-state index contributed by atoms with van der Waals surface area (Å²) in [6.45, 7) is -0.102. The summed E-state index contributed by atoms with van der Waals surface area (Å²) in [6.07, 6.45) is 5.25. The highest BCUT2D eigenvalue weighted by atomic mass is 16.5. The molecule has 180 valence electrons. The van der Waals surface area contributed by atoms with Gasteiger partial charge in [-0.1, -0.05) is 48.4 Å².